The van der Waals surface area contributed by atoms with Gasteiger partial charge in [0.25, 0.3) is 0 Å². The first-order valence-electron chi connectivity index (χ1n) is 9.80. The number of rotatable bonds is 17. The topological polar surface area (TPSA) is 110 Å². The van der Waals surface area contributed by atoms with Gasteiger partial charge in [0.05, 0.1) is 23.3 Å². The summed E-state index contributed by atoms with van der Waals surface area (Å²) in [5.74, 6) is -2.00. The monoisotopic (exact) mass is 405 g/mol. The van der Waals surface area contributed by atoms with Crippen LogP contribution in [0, 0.1) is 0 Å². The normalized spacial score (nSPS) is 11.6. The highest BCUT2D eigenvalue weighted by atomic mass is 32.2. The lowest BCUT2D eigenvalue weighted by molar-refractivity contribution is -0.140. The molecule has 0 saturated carbocycles. The van der Waals surface area contributed by atoms with Gasteiger partial charge in [-0.1, -0.05) is 64.7 Å². The predicted octanol–water partition coefficient (Wildman–Crippen LogP) is 3.49. The minimum atomic E-state index is -4.31. The lowest BCUT2D eigenvalue weighted by atomic mass is 10.1. The van der Waals surface area contributed by atoms with Gasteiger partial charge in [-0.3, -0.25) is 0 Å². The predicted molar refractivity (Wildman–Crippen MR) is 102 cm³/mol. The number of ether oxygens (including phenoxy) is 2. The van der Waals surface area contributed by atoms with Crippen LogP contribution in [-0.4, -0.2) is 43.9 Å². The Morgan fingerprint density at radius 1 is 0.741 bits per heavy atom. The summed E-state index contributed by atoms with van der Waals surface area (Å²) in [6.45, 7) is 2.33. The summed E-state index contributed by atoms with van der Waals surface area (Å²) in [5.41, 5.74) is 0. The van der Waals surface area contributed by atoms with Crippen LogP contribution in [0.25, 0.3) is 0 Å². The molecule has 27 heavy (non-hydrogen) atoms. The molecule has 7 nitrogen and oxygen atoms in total. The van der Waals surface area contributed by atoms with Gasteiger partial charge in [-0.2, -0.15) is 0 Å². The standard InChI is InChI=1S/C19H34O7S/c1-2-3-4-5-6-7-8-9-10-11-15-25-18(20)13-14-19(21)26-16-12-17-27(22,23)24/h13-14H,2-12,15-17H2,1H3,(H,22,23,24)/p-1/b14-13-. The third kappa shape index (κ3) is 20.8. The van der Waals surface area contributed by atoms with Gasteiger partial charge in [0, 0.05) is 17.9 Å². The highest BCUT2D eigenvalue weighted by molar-refractivity contribution is 7.85. The average Bonchev–Trinajstić information content (AvgIpc) is 2.60. The second kappa shape index (κ2) is 16.7. The Hall–Kier alpha value is -1.41. The summed E-state index contributed by atoms with van der Waals surface area (Å²) in [4.78, 5) is 22.7. The Bertz CT molecular complexity index is 526. The molecule has 0 saturated heterocycles. The number of carbonyl (C=O) groups is 2. The lowest BCUT2D eigenvalue weighted by Gasteiger charge is -2.06. The van der Waals surface area contributed by atoms with E-state index in [-0.39, 0.29) is 13.0 Å². The van der Waals surface area contributed by atoms with Crippen molar-refractivity contribution >= 4 is 22.1 Å². The fraction of sp³-hybridized carbons (Fsp3) is 0.789. The number of hydrogen-bond donors (Lipinski definition) is 0. The molecular formula is C19H33O7S-. The second-order valence-corrected chi connectivity index (χ2v) is 7.99. The SMILES string of the molecule is CCCCCCCCCCCCOC(=O)/C=C\C(=O)OCCCS(=O)(=O)[O-]. The Morgan fingerprint density at radius 3 is 1.59 bits per heavy atom. The molecule has 0 N–H and O–H groups in total. The Kier molecular flexibility index (Phi) is 15.9. The Balaban J connectivity index is 3.51. The fourth-order valence-electron chi connectivity index (χ4n) is 2.40. The summed E-state index contributed by atoms with van der Waals surface area (Å²) >= 11 is 0. The van der Waals surface area contributed by atoms with Gasteiger partial charge in [-0.15, -0.1) is 0 Å². The van der Waals surface area contributed by atoms with Crippen molar-refractivity contribution in [2.24, 2.45) is 0 Å². The molecule has 0 aliphatic rings. The smallest absolute Gasteiger partial charge is 0.331 e. The molecule has 0 heterocycles. The van der Waals surface area contributed by atoms with Crippen molar-refractivity contribution in [1.29, 1.82) is 0 Å². The van der Waals surface area contributed by atoms with Crippen molar-refractivity contribution in [2.75, 3.05) is 19.0 Å². The van der Waals surface area contributed by atoms with Gasteiger partial charge in [-0.25, -0.2) is 18.0 Å². The maximum Gasteiger partial charge on any atom is 0.331 e. The zero-order valence-corrected chi connectivity index (χ0v) is 17.1. The summed E-state index contributed by atoms with van der Waals surface area (Å²) in [7, 11) is -4.31. The zero-order chi connectivity index (χ0) is 20.4. The van der Waals surface area contributed by atoms with E-state index in [0.29, 0.717) is 6.61 Å². The molecule has 0 rings (SSSR count). The Labute approximate surface area is 163 Å². The number of carbonyl (C=O) groups excluding carboxylic acids is 2. The van der Waals surface area contributed by atoms with E-state index in [0.717, 1.165) is 31.4 Å². The van der Waals surface area contributed by atoms with E-state index in [4.69, 9.17) is 4.74 Å². The van der Waals surface area contributed by atoms with Crippen molar-refractivity contribution in [3.63, 3.8) is 0 Å². The average molecular weight is 406 g/mol. The molecule has 0 spiro atoms. The quantitative estimate of drug-likeness (QED) is 0.158. The van der Waals surface area contributed by atoms with Crippen molar-refractivity contribution in [3.8, 4) is 0 Å². The first-order chi connectivity index (χ1) is 12.8. The molecular weight excluding hydrogens is 372 g/mol. The van der Waals surface area contributed by atoms with E-state index in [1.807, 2.05) is 0 Å². The van der Waals surface area contributed by atoms with E-state index in [1.165, 1.54) is 44.9 Å². The van der Waals surface area contributed by atoms with Crippen LogP contribution in [0.15, 0.2) is 12.2 Å². The van der Waals surface area contributed by atoms with Gasteiger partial charge in [-0.05, 0) is 12.8 Å². The lowest BCUT2D eigenvalue weighted by Crippen LogP contribution is -2.10. The summed E-state index contributed by atoms with van der Waals surface area (Å²) in [6.07, 6.45) is 13.8. The molecule has 0 amide bonds. The molecule has 0 atom stereocenters. The van der Waals surface area contributed by atoms with Gasteiger partial charge >= 0.3 is 11.9 Å². The number of unbranched alkanes of at least 4 members (excludes halogenated alkanes) is 9. The zero-order valence-electron chi connectivity index (χ0n) is 16.3. The third-order valence-electron chi connectivity index (χ3n) is 3.88. The van der Waals surface area contributed by atoms with Gasteiger partial charge < -0.3 is 14.0 Å². The minimum absolute atomic E-state index is 0.0748. The summed E-state index contributed by atoms with van der Waals surface area (Å²) in [6, 6.07) is 0. The number of esters is 2. The minimum Gasteiger partial charge on any atom is -0.748 e. The van der Waals surface area contributed by atoms with Crippen molar-refractivity contribution in [1.82, 2.24) is 0 Å². The van der Waals surface area contributed by atoms with Crippen LogP contribution in [0.5, 0.6) is 0 Å². The highest BCUT2D eigenvalue weighted by Gasteiger charge is 2.02. The molecule has 0 aromatic rings. The summed E-state index contributed by atoms with van der Waals surface area (Å²) < 4.78 is 40.7. The first-order valence-corrected chi connectivity index (χ1v) is 11.4. The molecule has 0 aromatic carbocycles. The molecule has 0 aliphatic heterocycles. The van der Waals surface area contributed by atoms with Crippen LogP contribution in [0.4, 0.5) is 0 Å². The molecule has 0 unspecified atom stereocenters. The van der Waals surface area contributed by atoms with Gasteiger partial charge in [0.15, 0.2) is 0 Å². The van der Waals surface area contributed by atoms with Crippen LogP contribution < -0.4 is 0 Å². The van der Waals surface area contributed by atoms with E-state index in [2.05, 4.69) is 11.7 Å². The molecule has 0 aliphatic carbocycles. The number of hydrogen-bond acceptors (Lipinski definition) is 7. The molecule has 8 heteroatoms. The molecule has 0 fully saturated rings. The van der Waals surface area contributed by atoms with Gasteiger partial charge in [0.2, 0.25) is 0 Å². The van der Waals surface area contributed by atoms with E-state index in [1.54, 1.807) is 0 Å². The van der Waals surface area contributed by atoms with E-state index >= 15 is 0 Å². The van der Waals surface area contributed by atoms with Crippen LogP contribution in [0.2, 0.25) is 0 Å². The van der Waals surface area contributed by atoms with Crippen LogP contribution >= 0.6 is 0 Å². The van der Waals surface area contributed by atoms with Crippen molar-refractivity contribution in [2.45, 2.75) is 77.6 Å². The van der Waals surface area contributed by atoms with Crippen molar-refractivity contribution < 1.29 is 32.0 Å². The maximum atomic E-state index is 11.4. The third-order valence-corrected chi connectivity index (χ3v) is 4.67. The molecule has 0 bridgehead atoms. The first kappa shape index (κ1) is 25.6. The fourth-order valence-corrected chi connectivity index (χ4v) is 2.87. The van der Waals surface area contributed by atoms with Crippen LogP contribution in [0.3, 0.4) is 0 Å². The molecule has 158 valence electrons. The largest absolute Gasteiger partial charge is 0.748 e. The van der Waals surface area contributed by atoms with E-state index < -0.39 is 27.8 Å². The highest BCUT2D eigenvalue weighted by Crippen LogP contribution is 2.10. The molecule has 0 aromatic heterocycles. The van der Waals surface area contributed by atoms with Crippen molar-refractivity contribution in [3.05, 3.63) is 12.2 Å². The maximum absolute atomic E-state index is 11.4. The van der Waals surface area contributed by atoms with Gasteiger partial charge in [0.1, 0.15) is 0 Å². The van der Waals surface area contributed by atoms with Crippen LogP contribution in [0.1, 0.15) is 77.6 Å². The van der Waals surface area contributed by atoms with Crippen LogP contribution in [-0.2, 0) is 29.2 Å². The second-order valence-electron chi connectivity index (χ2n) is 6.47. The Morgan fingerprint density at radius 2 is 1.15 bits per heavy atom. The van der Waals surface area contributed by atoms with E-state index in [9.17, 15) is 22.6 Å². The molecule has 0 radical (unpaired) electrons. The summed E-state index contributed by atoms with van der Waals surface area (Å²) in [5, 5.41) is 0.